The van der Waals surface area contributed by atoms with Crippen molar-refractivity contribution >= 4 is 31.6 Å². The van der Waals surface area contributed by atoms with Crippen LogP contribution in [0.5, 0.6) is 0 Å². The molecule has 4 nitrogen and oxygen atoms in total. The maximum absolute atomic E-state index is 11.6. The molecule has 0 radical (unpaired) electrons. The lowest BCUT2D eigenvalue weighted by molar-refractivity contribution is 0.601. The summed E-state index contributed by atoms with van der Waals surface area (Å²) in [6.07, 6.45) is 2.74. The molecule has 2 aromatic rings. The Morgan fingerprint density at radius 2 is 1.89 bits per heavy atom. The van der Waals surface area contributed by atoms with E-state index >= 15 is 0 Å². The van der Waals surface area contributed by atoms with Gasteiger partial charge in [-0.25, -0.2) is 13.4 Å². The van der Waals surface area contributed by atoms with Gasteiger partial charge in [0.15, 0.2) is 9.84 Å². The Kier molecular flexibility index (Phi) is 4.21. The average molecular weight is 341 g/mol. The lowest BCUT2D eigenvalue weighted by atomic mass is 10.2. The van der Waals surface area contributed by atoms with E-state index in [1.165, 1.54) is 6.26 Å². The van der Waals surface area contributed by atoms with Crippen LogP contribution < -0.4 is 5.32 Å². The molecule has 0 atom stereocenters. The van der Waals surface area contributed by atoms with E-state index in [1.807, 2.05) is 24.3 Å². The summed E-state index contributed by atoms with van der Waals surface area (Å²) in [6.45, 7) is 0.521. The van der Waals surface area contributed by atoms with Crippen LogP contribution in [0.2, 0.25) is 0 Å². The second-order valence-electron chi connectivity index (χ2n) is 4.10. The van der Waals surface area contributed by atoms with Gasteiger partial charge in [0.05, 0.1) is 0 Å². The predicted octanol–water partition coefficient (Wildman–Crippen LogP) is 2.86. The predicted molar refractivity (Wildman–Crippen MR) is 78.8 cm³/mol. The van der Waals surface area contributed by atoms with Gasteiger partial charge < -0.3 is 5.32 Å². The van der Waals surface area contributed by atoms with Crippen LogP contribution in [0.25, 0.3) is 0 Å². The van der Waals surface area contributed by atoms with Crippen LogP contribution in [0.15, 0.2) is 52.0 Å². The van der Waals surface area contributed by atoms with E-state index in [-0.39, 0.29) is 4.90 Å². The normalized spacial score (nSPS) is 11.3. The Labute approximate surface area is 120 Å². The number of anilines is 1. The molecular formula is C13H13BrN2O2S. The fourth-order valence-electron chi connectivity index (χ4n) is 1.61. The molecule has 6 heteroatoms. The van der Waals surface area contributed by atoms with Gasteiger partial charge >= 0.3 is 0 Å². The van der Waals surface area contributed by atoms with Gasteiger partial charge in [0.25, 0.3) is 0 Å². The summed E-state index contributed by atoms with van der Waals surface area (Å²) < 4.78 is 24.3. The van der Waals surface area contributed by atoms with Crippen molar-refractivity contribution < 1.29 is 8.42 Å². The number of aromatic nitrogens is 1. The zero-order valence-corrected chi connectivity index (χ0v) is 12.7. The van der Waals surface area contributed by atoms with Crippen LogP contribution in [0.1, 0.15) is 5.56 Å². The lowest BCUT2D eigenvalue weighted by Gasteiger charge is -2.09. The first-order chi connectivity index (χ1) is 8.97. The van der Waals surface area contributed by atoms with Crippen LogP contribution in [-0.2, 0) is 16.4 Å². The van der Waals surface area contributed by atoms with E-state index in [0.29, 0.717) is 12.4 Å². The summed E-state index contributed by atoms with van der Waals surface area (Å²) in [5.74, 6) is 0.382. The second kappa shape index (κ2) is 5.71. The van der Waals surface area contributed by atoms with E-state index in [0.717, 1.165) is 10.0 Å². The first-order valence-electron chi connectivity index (χ1n) is 5.60. The number of hydrogen-bond donors (Lipinski definition) is 1. The molecular weight excluding hydrogens is 328 g/mol. The molecule has 0 aliphatic rings. The Hall–Kier alpha value is -1.40. The van der Waals surface area contributed by atoms with Gasteiger partial charge in [-0.3, -0.25) is 0 Å². The molecule has 0 saturated heterocycles. The molecule has 0 saturated carbocycles. The maximum Gasteiger partial charge on any atom is 0.179 e. The Bertz CT molecular complexity index is 669. The second-order valence-corrected chi connectivity index (χ2v) is 7.00. The summed E-state index contributed by atoms with van der Waals surface area (Å²) in [4.78, 5) is 4.29. The molecule has 0 fully saturated rings. The van der Waals surface area contributed by atoms with Crippen LogP contribution in [0, 0.1) is 0 Å². The molecule has 2 rings (SSSR count). The van der Waals surface area contributed by atoms with Crippen LogP contribution in [0.4, 0.5) is 5.82 Å². The highest BCUT2D eigenvalue weighted by atomic mass is 79.9. The third-order valence-corrected chi connectivity index (χ3v) is 4.20. The Morgan fingerprint density at radius 3 is 2.53 bits per heavy atom. The smallest absolute Gasteiger partial charge is 0.179 e. The first-order valence-corrected chi connectivity index (χ1v) is 8.28. The third-order valence-electron chi connectivity index (χ3n) is 2.54. The van der Waals surface area contributed by atoms with Gasteiger partial charge in [-0.15, -0.1) is 0 Å². The molecule has 0 aliphatic carbocycles. The highest BCUT2D eigenvalue weighted by molar-refractivity contribution is 9.10. The molecule has 1 heterocycles. The van der Waals surface area contributed by atoms with Gasteiger partial charge in [-0.2, -0.15) is 0 Å². The number of sulfone groups is 1. The summed E-state index contributed by atoms with van der Waals surface area (Å²) >= 11 is 3.37. The van der Waals surface area contributed by atoms with Gasteiger partial charge in [0.2, 0.25) is 0 Å². The first kappa shape index (κ1) is 14.0. The van der Waals surface area contributed by atoms with Gasteiger partial charge in [-0.05, 0) is 29.8 Å². The summed E-state index contributed by atoms with van der Waals surface area (Å²) in [7, 11) is -3.28. The fraction of sp³-hybridized carbons (Fsp3) is 0.154. The van der Waals surface area contributed by atoms with Crippen molar-refractivity contribution in [1.29, 1.82) is 0 Å². The topological polar surface area (TPSA) is 59.1 Å². The molecule has 1 aromatic heterocycles. The zero-order valence-electron chi connectivity index (χ0n) is 10.3. The quantitative estimate of drug-likeness (QED) is 0.929. The van der Waals surface area contributed by atoms with Crippen molar-refractivity contribution in [2.75, 3.05) is 11.6 Å². The van der Waals surface area contributed by atoms with Crippen molar-refractivity contribution in [3.63, 3.8) is 0 Å². The standard InChI is InChI=1S/C13H13BrN2O2S/c1-19(17,18)12-3-2-8-15-13(12)16-9-10-4-6-11(14)7-5-10/h2-8H,9H2,1H3,(H,15,16). The van der Waals surface area contributed by atoms with E-state index in [9.17, 15) is 8.42 Å². The fourth-order valence-corrected chi connectivity index (χ4v) is 2.68. The molecule has 0 bridgehead atoms. The number of rotatable bonds is 4. The molecule has 0 unspecified atom stereocenters. The van der Waals surface area contributed by atoms with Crippen LogP contribution in [0.3, 0.4) is 0 Å². The van der Waals surface area contributed by atoms with Gasteiger partial charge in [0, 0.05) is 23.5 Å². The van der Waals surface area contributed by atoms with Crippen LogP contribution in [-0.4, -0.2) is 19.7 Å². The molecule has 0 spiro atoms. The van der Waals surface area contributed by atoms with E-state index < -0.39 is 9.84 Å². The third kappa shape index (κ3) is 3.78. The number of halogens is 1. The number of benzene rings is 1. The summed E-state index contributed by atoms with van der Waals surface area (Å²) in [6, 6.07) is 11.0. The molecule has 1 N–H and O–H groups in total. The minimum atomic E-state index is -3.28. The van der Waals surface area contributed by atoms with Crippen molar-refractivity contribution in [1.82, 2.24) is 4.98 Å². The van der Waals surface area contributed by atoms with Crippen molar-refractivity contribution in [2.45, 2.75) is 11.4 Å². The maximum atomic E-state index is 11.6. The number of nitrogens with zero attached hydrogens (tertiary/aromatic N) is 1. The van der Waals surface area contributed by atoms with Crippen molar-refractivity contribution in [3.05, 3.63) is 52.6 Å². The monoisotopic (exact) mass is 340 g/mol. The summed E-state index contributed by atoms with van der Waals surface area (Å²) in [5.41, 5.74) is 1.05. The highest BCUT2D eigenvalue weighted by Gasteiger charge is 2.13. The number of hydrogen-bond acceptors (Lipinski definition) is 4. The highest BCUT2D eigenvalue weighted by Crippen LogP contribution is 2.19. The van der Waals surface area contributed by atoms with Crippen molar-refractivity contribution in [3.8, 4) is 0 Å². The average Bonchev–Trinajstić information content (AvgIpc) is 2.37. The SMILES string of the molecule is CS(=O)(=O)c1cccnc1NCc1ccc(Br)cc1. The minimum absolute atomic E-state index is 0.215. The Balaban J connectivity index is 2.18. The zero-order chi connectivity index (χ0) is 13.9. The largest absolute Gasteiger partial charge is 0.365 e. The number of pyridine rings is 1. The van der Waals surface area contributed by atoms with Gasteiger partial charge in [0.1, 0.15) is 10.7 Å². The molecule has 0 amide bonds. The number of nitrogens with one attached hydrogen (secondary N) is 1. The minimum Gasteiger partial charge on any atom is -0.365 e. The molecule has 0 aliphatic heterocycles. The van der Waals surface area contributed by atoms with Crippen molar-refractivity contribution in [2.24, 2.45) is 0 Å². The molecule has 100 valence electrons. The van der Waals surface area contributed by atoms with E-state index in [4.69, 9.17) is 0 Å². The summed E-state index contributed by atoms with van der Waals surface area (Å²) in [5, 5.41) is 3.05. The van der Waals surface area contributed by atoms with E-state index in [1.54, 1.807) is 18.3 Å². The van der Waals surface area contributed by atoms with Crippen LogP contribution >= 0.6 is 15.9 Å². The van der Waals surface area contributed by atoms with E-state index in [2.05, 4.69) is 26.2 Å². The lowest BCUT2D eigenvalue weighted by Crippen LogP contribution is -2.07. The van der Waals surface area contributed by atoms with Gasteiger partial charge in [-0.1, -0.05) is 28.1 Å². The molecule has 19 heavy (non-hydrogen) atoms. The Morgan fingerprint density at radius 1 is 1.21 bits per heavy atom. The molecule has 1 aromatic carbocycles.